The number of hydrogen-bond donors (Lipinski definition) is 0. The van der Waals surface area contributed by atoms with E-state index in [4.69, 9.17) is 11.6 Å². The highest BCUT2D eigenvalue weighted by atomic mass is 35.5. The van der Waals surface area contributed by atoms with Crippen molar-refractivity contribution >= 4 is 11.6 Å². The van der Waals surface area contributed by atoms with Crippen LogP contribution in [0.4, 0.5) is 0 Å². The number of nitrogens with zero attached hydrogens (tertiary/aromatic N) is 1. The van der Waals surface area contributed by atoms with Gasteiger partial charge in [0.1, 0.15) is 0 Å². The fourth-order valence-electron chi connectivity index (χ4n) is 2.10. The average molecular weight is 216 g/mol. The molecule has 1 unspecified atom stereocenters. The van der Waals surface area contributed by atoms with E-state index in [1.807, 2.05) is 6.08 Å². The molecule has 0 amide bonds. The molecule has 0 spiro atoms. The first kappa shape index (κ1) is 12.1. The fourth-order valence-corrected chi connectivity index (χ4v) is 2.23. The van der Waals surface area contributed by atoms with Gasteiger partial charge in [0.05, 0.1) is 0 Å². The molecule has 2 heteroatoms. The molecule has 1 fully saturated rings. The molecule has 1 saturated heterocycles. The SMILES string of the molecule is CCC1CCCN(CC=CCCl)CC1. The highest BCUT2D eigenvalue weighted by Gasteiger charge is 2.14. The monoisotopic (exact) mass is 215 g/mol. The number of allylic oxidation sites excluding steroid dienone is 1. The molecule has 1 rings (SSSR count). The van der Waals surface area contributed by atoms with Gasteiger partial charge in [-0.05, 0) is 38.3 Å². The summed E-state index contributed by atoms with van der Waals surface area (Å²) in [6.45, 7) is 5.94. The van der Waals surface area contributed by atoms with Crippen LogP contribution < -0.4 is 0 Å². The molecule has 1 nitrogen and oxygen atoms in total. The third-order valence-corrected chi connectivity index (χ3v) is 3.32. The molecule has 0 aromatic heterocycles. The van der Waals surface area contributed by atoms with Gasteiger partial charge in [0.2, 0.25) is 0 Å². The van der Waals surface area contributed by atoms with Crippen LogP contribution in [0.15, 0.2) is 12.2 Å². The van der Waals surface area contributed by atoms with Gasteiger partial charge in [0, 0.05) is 12.4 Å². The minimum Gasteiger partial charge on any atom is -0.300 e. The molecule has 0 radical (unpaired) electrons. The summed E-state index contributed by atoms with van der Waals surface area (Å²) in [5, 5.41) is 0. The predicted octanol–water partition coefficient (Wildman–Crippen LogP) is 3.29. The smallest absolute Gasteiger partial charge is 0.0404 e. The van der Waals surface area contributed by atoms with Crippen LogP contribution >= 0.6 is 11.6 Å². The lowest BCUT2D eigenvalue weighted by atomic mass is 9.98. The van der Waals surface area contributed by atoms with Gasteiger partial charge in [0.25, 0.3) is 0 Å². The van der Waals surface area contributed by atoms with E-state index >= 15 is 0 Å². The molecule has 14 heavy (non-hydrogen) atoms. The molecule has 0 aliphatic carbocycles. The Hall–Kier alpha value is -0.0100. The highest BCUT2D eigenvalue weighted by molar-refractivity contribution is 6.18. The molecule has 0 saturated carbocycles. The summed E-state index contributed by atoms with van der Waals surface area (Å²) in [6.07, 6.45) is 9.76. The second-order valence-electron chi connectivity index (χ2n) is 4.13. The molecule has 82 valence electrons. The van der Waals surface area contributed by atoms with Crippen LogP contribution in [0.5, 0.6) is 0 Å². The minimum atomic E-state index is 0.644. The summed E-state index contributed by atoms with van der Waals surface area (Å²) in [7, 11) is 0. The number of rotatable bonds is 4. The van der Waals surface area contributed by atoms with Crippen LogP contribution in [0.25, 0.3) is 0 Å². The third kappa shape index (κ3) is 4.47. The van der Waals surface area contributed by atoms with Crippen LogP contribution in [0.1, 0.15) is 32.6 Å². The van der Waals surface area contributed by atoms with Gasteiger partial charge < -0.3 is 0 Å². The summed E-state index contributed by atoms with van der Waals surface area (Å²) in [4.78, 5) is 2.54. The number of alkyl halides is 1. The first-order valence-corrected chi connectivity index (χ1v) is 6.33. The van der Waals surface area contributed by atoms with Gasteiger partial charge in [-0.3, -0.25) is 4.90 Å². The Labute approximate surface area is 93.1 Å². The van der Waals surface area contributed by atoms with Gasteiger partial charge >= 0.3 is 0 Å². The van der Waals surface area contributed by atoms with E-state index in [0.717, 1.165) is 12.5 Å². The van der Waals surface area contributed by atoms with E-state index in [2.05, 4.69) is 17.9 Å². The van der Waals surface area contributed by atoms with Gasteiger partial charge in [-0.2, -0.15) is 0 Å². The van der Waals surface area contributed by atoms with Crippen molar-refractivity contribution in [3.8, 4) is 0 Å². The van der Waals surface area contributed by atoms with Crippen molar-refractivity contribution in [3.63, 3.8) is 0 Å². The first-order valence-electron chi connectivity index (χ1n) is 5.80. The zero-order chi connectivity index (χ0) is 10.2. The molecule has 0 aromatic rings. The first-order chi connectivity index (χ1) is 6.86. The summed E-state index contributed by atoms with van der Waals surface area (Å²) >= 11 is 5.59. The lowest BCUT2D eigenvalue weighted by molar-refractivity contribution is 0.309. The largest absolute Gasteiger partial charge is 0.300 e. The van der Waals surface area contributed by atoms with E-state index in [1.54, 1.807) is 0 Å². The maximum absolute atomic E-state index is 5.59. The van der Waals surface area contributed by atoms with Crippen molar-refractivity contribution in [2.24, 2.45) is 5.92 Å². The second-order valence-corrected chi connectivity index (χ2v) is 4.44. The maximum Gasteiger partial charge on any atom is 0.0404 e. The topological polar surface area (TPSA) is 3.24 Å². The van der Waals surface area contributed by atoms with Crippen molar-refractivity contribution in [2.75, 3.05) is 25.5 Å². The van der Waals surface area contributed by atoms with Gasteiger partial charge in [0.15, 0.2) is 0 Å². The predicted molar refractivity (Wildman–Crippen MR) is 63.9 cm³/mol. The zero-order valence-corrected chi connectivity index (χ0v) is 9.97. The summed E-state index contributed by atoms with van der Waals surface area (Å²) in [5.41, 5.74) is 0. The third-order valence-electron chi connectivity index (χ3n) is 3.14. The molecule has 1 aliphatic heterocycles. The van der Waals surface area contributed by atoms with E-state index in [9.17, 15) is 0 Å². The highest BCUT2D eigenvalue weighted by Crippen LogP contribution is 2.19. The van der Waals surface area contributed by atoms with E-state index in [1.165, 1.54) is 38.8 Å². The van der Waals surface area contributed by atoms with Crippen molar-refractivity contribution in [1.29, 1.82) is 0 Å². The lowest BCUT2D eigenvalue weighted by Crippen LogP contribution is -2.24. The normalized spacial score (nSPS) is 25.4. The summed E-state index contributed by atoms with van der Waals surface area (Å²) in [6, 6.07) is 0. The molecule has 0 N–H and O–H groups in total. The number of halogens is 1. The summed E-state index contributed by atoms with van der Waals surface area (Å²) in [5.74, 6) is 1.61. The molecule has 0 bridgehead atoms. The molecular weight excluding hydrogens is 194 g/mol. The second kappa shape index (κ2) is 7.30. The van der Waals surface area contributed by atoms with E-state index < -0.39 is 0 Å². The van der Waals surface area contributed by atoms with Crippen LogP contribution in [0, 0.1) is 5.92 Å². The van der Waals surface area contributed by atoms with Gasteiger partial charge in [-0.25, -0.2) is 0 Å². The Kier molecular flexibility index (Phi) is 6.29. The maximum atomic E-state index is 5.59. The van der Waals surface area contributed by atoms with E-state index in [0.29, 0.717) is 5.88 Å². The molecular formula is C12H22ClN. The van der Waals surface area contributed by atoms with Crippen LogP contribution in [0.2, 0.25) is 0 Å². The Bertz CT molecular complexity index is 168. The Balaban J connectivity index is 2.23. The van der Waals surface area contributed by atoms with Crippen LogP contribution in [-0.4, -0.2) is 30.4 Å². The molecule has 1 heterocycles. The summed E-state index contributed by atoms with van der Waals surface area (Å²) < 4.78 is 0. The van der Waals surface area contributed by atoms with Gasteiger partial charge in [-0.1, -0.05) is 25.5 Å². The Morgan fingerprint density at radius 1 is 1.29 bits per heavy atom. The standard InChI is InChI=1S/C12H22ClN/c1-2-12-6-5-10-14(11-7-12)9-4-3-8-13/h3-4,12H,2,5-11H2,1H3. The lowest BCUT2D eigenvalue weighted by Gasteiger charge is -2.17. The zero-order valence-electron chi connectivity index (χ0n) is 9.21. The van der Waals surface area contributed by atoms with Crippen molar-refractivity contribution in [1.82, 2.24) is 4.90 Å². The molecule has 1 aliphatic rings. The van der Waals surface area contributed by atoms with Crippen molar-refractivity contribution in [2.45, 2.75) is 32.6 Å². The van der Waals surface area contributed by atoms with Gasteiger partial charge in [-0.15, -0.1) is 11.6 Å². The van der Waals surface area contributed by atoms with Crippen LogP contribution in [0.3, 0.4) is 0 Å². The minimum absolute atomic E-state index is 0.644. The van der Waals surface area contributed by atoms with Crippen molar-refractivity contribution < 1.29 is 0 Å². The molecule has 0 aromatic carbocycles. The quantitative estimate of drug-likeness (QED) is 0.514. The fraction of sp³-hybridized carbons (Fsp3) is 0.833. The number of likely N-dealkylation sites (tertiary alicyclic amines) is 1. The Morgan fingerprint density at radius 3 is 2.86 bits per heavy atom. The number of hydrogen-bond acceptors (Lipinski definition) is 1. The average Bonchev–Trinajstić information content (AvgIpc) is 2.43. The van der Waals surface area contributed by atoms with E-state index in [-0.39, 0.29) is 0 Å². The van der Waals surface area contributed by atoms with Crippen molar-refractivity contribution in [3.05, 3.63) is 12.2 Å². The Morgan fingerprint density at radius 2 is 2.14 bits per heavy atom. The molecule has 1 atom stereocenters. The van der Waals surface area contributed by atoms with Crippen LogP contribution in [-0.2, 0) is 0 Å².